The van der Waals surface area contributed by atoms with Crippen LogP contribution in [0.15, 0.2) is 12.1 Å². The molecule has 0 saturated heterocycles. The van der Waals surface area contributed by atoms with E-state index in [0.717, 1.165) is 5.56 Å². The van der Waals surface area contributed by atoms with Crippen LogP contribution >= 0.6 is 23.2 Å². The number of benzene rings is 1. The van der Waals surface area contributed by atoms with Crippen LogP contribution in [0.4, 0.5) is 0 Å². The van der Waals surface area contributed by atoms with E-state index in [4.69, 9.17) is 27.9 Å². The van der Waals surface area contributed by atoms with E-state index >= 15 is 0 Å². The van der Waals surface area contributed by atoms with Crippen molar-refractivity contribution in [3.05, 3.63) is 27.7 Å². The molecular formula is C9H8Cl2O2. The first-order chi connectivity index (χ1) is 6.15. The van der Waals surface area contributed by atoms with E-state index in [2.05, 4.69) is 0 Å². The smallest absolute Gasteiger partial charge is 0.157 e. The molecule has 0 saturated carbocycles. The SMILES string of the molecule is Cc1cc(Cl)c(OCC=O)c(Cl)c1. The minimum atomic E-state index is -0.0392. The van der Waals surface area contributed by atoms with Crippen LogP contribution in [0.25, 0.3) is 0 Å². The lowest BCUT2D eigenvalue weighted by atomic mass is 10.2. The van der Waals surface area contributed by atoms with Crippen molar-refractivity contribution in [1.82, 2.24) is 0 Å². The van der Waals surface area contributed by atoms with Crippen LogP contribution in [0.1, 0.15) is 5.56 Å². The Morgan fingerprint density at radius 3 is 2.38 bits per heavy atom. The molecule has 0 radical (unpaired) electrons. The summed E-state index contributed by atoms with van der Waals surface area (Å²) >= 11 is 11.7. The summed E-state index contributed by atoms with van der Waals surface area (Å²) in [5.41, 5.74) is 0.952. The van der Waals surface area contributed by atoms with Gasteiger partial charge in [-0.05, 0) is 24.6 Å². The number of rotatable bonds is 3. The maximum absolute atomic E-state index is 10.1. The van der Waals surface area contributed by atoms with Gasteiger partial charge in [-0.25, -0.2) is 0 Å². The van der Waals surface area contributed by atoms with E-state index in [9.17, 15) is 4.79 Å². The molecule has 70 valence electrons. The standard InChI is InChI=1S/C9H8Cl2O2/c1-6-4-7(10)9(8(11)5-6)13-3-2-12/h2,4-5H,3H2,1H3. The third-order valence-corrected chi connectivity index (χ3v) is 2.00. The highest BCUT2D eigenvalue weighted by atomic mass is 35.5. The number of ether oxygens (including phenoxy) is 1. The van der Waals surface area contributed by atoms with Crippen LogP contribution in [-0.4, -0.2) is 12.9 Å². The van der Waals surface area contributed by atoms with Crippen LogP contribution in [0.2, 0.25) is 10.0 Å². The number of aryl methyl sites for hydroxylation is 1. The second-order valence-corrected chi connectivity index (χ2v) is 3.35. The van der Waals surface area contributed by atoms with Gasteiger partial charge in [-0.1, -0.05) is 23.2 Å². The van der Waals surface area contributed by atoms with Crippen molar-refractivity contribution in [2.45, 2.75) is 6.92 Å². The third kappa shape index (κ3) is 2.61. The van der Waals surface area contributed by atoms with E-state index in [1.54, 1.807) is 12.1 Å². The van der Waals surface area contributed by atoms with E-state index in [1.165, 1.54) is 0 Å². The zero-order chi connectivity index (χ0) is 9.84. The fourth-order valence-corrected chi connectivity index (χ4v) is 1.65. The Bertz CT molecular complexity index is 300. The summed E-state index contributed by atoms with van der Waals surface area (Å²) in [7, 11) is 0. The van der Waals surface area contributed by atoms with Crippen LogP contribution in [-0.2, 0) is 4.79 Å². The highest BCUT2D eigenvalue weighted by Crippen LogP contribution is 2.33. The molecule has 1 aromatic carbocycles. The Morgan fingerprint density at radius 1 is 1.38 bits per heavy atom. The van der Waals surface area contributed by atoms with Gasteiger partial charge in [0.25, 0.3) is 0 Å². The largest absolute Gasteiger partial charge is 0.483 e. The van der Waals surface area contributed by atoms with Gasteiger partial charge in [0.2, 0.25) is 0 Å². The molecule has 0 fully saturated rings. The van der Waals surface area contributed by atoms with Crippen LogP contribution < -0.4 is 4.74 Å². The number of hydrogen-bond acceptors (Lipinski definition) is 2. The van der Waals surface area contributed by atoms with Gasteiger partial charge in [-0.3, -0.25) is 4.79 Å². The second-order valence-electron chi connectivity index (χ2n) is 2.54. The first-order valence-electron chi connectivity index (χ1n) is 3.67. The fourth-order valence-electron chi connectivity index (χ4n) is 0.942. The van der Waals surface area contributed by atoms with Gasteiger partial charge in [0.05, 0.1) is 10.0 Å². The maximum Gasteiger partial charge on any atom is 0.157 e. The summed E-state index contributed by atoms with van der Waals surface area (Å²) in [6, 6.07) is 3.46. The normalized spacial score (nSPS) is 9.77. The lowest BCUT2D eigenvalue weighted by molar-refractivity contribution is -0.109. The lowest BCUT2D eigenvalue weighted by Crippen LogP contribution is -1.99. The second kappa shape index (κ2) is 4.49. The molecule has 0 aromatic heterocycles. The Kier molecular flexibility index (Phi) is 3.58. The molecular weight excluding hydrogens is 211 g/mol. The monoisotopic (exact) mass is 218 g/mol. The van der Waals surface area contributed by atoms with Gasteiger partial charge in [-0.15, -0.1) is 0 Å². The first kappa shape index (κ1) is 10.4. The van der Waals surface area contributed by atoms with Crippen LogP contribution in [0.3, 0.4) is 0 Å². The summed E-state index contributed by atoms with van der Waals surface area (Å²) < 4.78 is 5.04. The maximum atomic E-state index is 10.1. The molecule has 0 aliphatic rings. The molecule has 2 nitrogen and oxygen atoms in total. The van der Waals surface area contributed by atoms with Crippen molar-refractivity contribution in [1.29, 1.82) is 0 Å². The molecule has 0 aliphatic carbocycles. The minimum Gasteiger partial charge on any atom is -0.483 e. The number of carbonyl (C=O) groups excluding carboxylic acids is 1. The van der Waals surface area contributed by atoms with Crippen molar-refractivity contribution in [2.24, 2.45) is 0 Å². The molecule has 0 amide bonds. The van der Waals surface area contributed by atoms with Crippen molar-refractivity contribution in [3.8, 4) is 5.75 Å². The molecule has 13 heavy (non-hydrogen) atoms. The quantitative estimate of drug-likeness (QED) is 0.730. The predicted molar refractivity (Wildman–Crippen MR) is 52.8 cm³/mol. The van der Waals surface area contributed by atoms with Crippen molar-refractivity contribution in [3.63, 3.8) is 0 Å². The van der Waals surface area contributed by atoms with Gasteiger partial charge < -0.3 is 4.74 Å². The van der Waals surface area contributed by atoms with Gasteiger partial charge in [0, 0.05) is 0 Å². The third-order valence-electron chi connectivity index (χ3n) is 1.44. The average molecular weight is 219 g/mol. The van der Waals surface area contributed by atoms with Gasteiger partial charge in [-0.2, -0.15) is 0 Å². The van der Waals surface area contributed by atoms with Crippen molar-refractivity contribution < 1.29 is 9.53 Å². The Balaban J connectivity index is 2.98. The van der Waals surface area contributed by atoms with E-state index < -0.39 is 0 Å². The molecule has 0 unspecified atom stereocenters. The van der Waals surface area contributed by atoms with Crippen LogP contribution in [0.5, 0.6) is 5.75 Å². The van der Waals surface area contributed by atoms with E-state index in [-0.39, 0.29) is 6.61 Å². The summed E-state index contributed by atoms with van der Waals surface area (Å²) in [5, 5.41) is 0.846. The topological polar surface area (TPSA) is 26.3 Å². The van der Waals surface area contributed by atoms with Gasteiger partial charge >= 0.3 is 0 Å². The molecule has 0 N–H and O–H groups in total. The Morgan fingerprint density at radius 2 is 1.92 bits per heavy atom. The number of halogens is 2. The highest BCUT2D eigenvalue weighted by molar-refractivity contribution is 6.37. The van der Waals surface area contributed by atoms with E-state index in [1.807, 2.05) is 6.92 Å². The summed E-state index contributed by atoms with van der Waals surface area (Å²) in [6.45, 7) is 1.84. The van der Waals surface area contributed by atoms with Crippen molar-refractivity contribution in [2.75, 3.05) is 6.61 Å². The summed E-state index contributed by atoms with van der Waals surface area (Å²) in [5.74, 6) is 0.362. The zero-order valence-corrected chi connectivity index (χ0v) is 8.52. The highest BCUT2D eigenvalue weighted by Gasteiger charge is 2.07. The first-order valence-corrected chi connectivity index (χ1v) is 4.43. The lowest BCUT2D eigenvalue weighted by Gasteiger charge is -2.07. The minimum absolute atomic E-state index is 0.0392. The molecule has 4 heteroatoms. The molecule has 0 aliphatic heterocycles. The molecule has 0 spiro atoms. The number of aldehydes is 1. The van der Waals surface area contributed by atoms with E-state index in [0.29, 0.717) is 22.1 Å². The Hall–Kier alpha value is -0.730. The van der Waals surface area contributed by atoms with Crippen molar-refractivity contribution >= 4 is 29.5 Å². The predicted octanol–water partition coefficient (Wildman–Crippen LogP) is 2.88. The summed E-state index contributed by atoms with van der Waals surface area (Å²) in [4.78, 5) is 10.1. The average Bonchev–Trinajstić information content (AvgIpc) is 2.02. The fraction of sp³-hybridized carbons (Fsp3) is 0.222. The van der Waals surface area contributed by atoms with Gasteiger partial charge in [0.15, 0.2) is 12.0 Å². The number of carbonyl (C=O) groups is 1. The molecule has 0 atom stereocenters. The van der Waals surface area contributed by atoms with Crippen LogP contribution in [0, 0.1) is 6.92 Å². The molecule has 1 aromatic rings. The number of hydrogen-bond donors (Lipinski definition) is 0. The zero-order valence-electron chi connectivity index (χ0n) is 7.01. The summed E-state index contributed by atoms with van der Waals surface area (Å²) in [6.07, 6.45) is 0.645. The molecule has 0 bridgehead atoms. The molecule has 1 rings (SSSR count). The van der Waals surface area contributed by atoms with Gasteiger partial charge in [0.1, 0.15) is 6.61 Å². The molecule has 0 heterocycles. The Labute approximate surface area is 86.4 Å².